The number of hydrogen-bond acceptors (Lipinski definition) is 4. The van der Waals surface area contributed by atoms with Gasteiger partial charge in [-0.2, -0.15) is 11.8 Å². The Hall–Kier alpha value is -0.290. The van der Waals surface area contributed by atoms with E-state index in [1.807, 2.05) is 17.8 Å². The Balaban J connectivity index is 1.78. The number of fused-ring (bicyclic) bond motifs is 1. The average Bonchev–Trinajstić information content (AvgIpc) is 3.09. The van der Waals surface area contributed by atoms with Crippen LogP contribution in [0.3, 0.4) is 0 Å². The molecule has 26 heavy (non-hydrogen) atoms. The van der Waals surface area contributed by atoms with E-state index in [1.165, 1.54) is 25.0 Å². The second kappa shape index (κ2) is 11.5. The molecule has 150 valence electrons. The van der Waals surface area contributed by atoms with Crippen molar-refractivity contribution in [2.75, 3.05) is 32.1 Å². The highest BCUT2D eigenvalue weighted by atomic mass is 32.2. The van der Waals surface area contributed by atoms with Crippen LogP contribution < -0.4 is 0 Å². The maximum Gasteiger partial charge on any atom is 0.0721 e. The Morgan fingerprint density at radius 3 is 2.81 bits per heavy atom. The molecule has 2 rings (SSSR count). The predicted molar refractivity (Wildman–Crippen MR) is 114 cm³/mol. The molecule has 0 heterocycles. The summed E-state index contributed by atoms with van der Waals surface area (Å²) in [5.41, 5.74) is 1.59. The first-order chi connectivity index (χ1) is 12.5. The van der Waals surface area contributed by atoms with Crippen molar-refractivity contribution in [2.24, 2.45) is 17.8 Å². The fourth-order valence-electron chi connectivity index (χ4n) is 4.40. The van der Waals surface area contributed by atoms with E-state index >= 15 is 0 Å². The largest absolute Gasteiger partial charge is 0.392 e. The summed E-state index contributed by atoms with van der Waals surface area (Å²) in [5, 5.41) is 20.6. The third-order valence-corrected chi connectivity index (χ3v) is 6.82. The van der Waals surface area contributed by atoms with Crippen LogP contribution in [0.25, 0.3) is 0 Å². The minimum absolute atomic E-state index is 0.222. The van der Waals surface area contributed by atoms with E-state index in [-0.39, 0.29) is 18.1 Å². The van der Waals surface area contributed by atoms with Crippen molar-refractivity contribution in [2.45, 2.75) is 64.1 Å². The van der Waals surface area contributed by atoms with Crippen molar-refractivity contribution in [3.63, 3.8) is 0 Å². The Morgan fingerprint density at radius 2 is 2.08 bits per heavy atom. The van der Waals surface area contributed by atoms with Crippen molar-refractivity contribution in [3.8, 4) is 0 Å². The summed E-state index contributed by atoms with van der Waals surface area (Å²) in [6.45, 7) is 3.32. The number of unbranched alkanes of at least 4 members (excludes halogenated alkanes) is 2. The van der Waals surface area contributed by atoms with E-state index in [0.29, 0.717) is 11.8 Å². The molecule has 2 saturated carbocycles. The second-order valence-electron chi connectivity index (χ2n) is 8.40. The van der Waals surface area contributed by atoms with Crippen molar-refractivity contribution in [1.29, 1.82) is 0 Å². The topological polar surface area (TPSA) is 43.7 Å². The highest BCUT2D eigenvalue weighted by Crippen LogP contribution is 2.50. The Morgan fingerprint density at radius 1 is 1.27 bits per heavy atom. The van der Waals surface area contributed by atoms with E-state index in [0.717, 1.165) is 38.0 Å². The average molecular weight is 382 g/mol. The molecule has 0 aromatic heterocycles. The van der Waals surface area contributed by atoms with Gasteiger partial charge < -0.3 is 15.1 Å². The Labute approximate surface area is 164 Å². The summed E-state index contributed by atoms with van der Waals surface area (Å²) in [6.07, 6.45) is 13.5. The fourth-order valence-corrected chi connectivity index (χ4v) is 5.42. The lowest BCUT2D eigenvalue weighted by Crippen LogP contribution is -2.17. The van der Waals surface area contributed by atoms with Gasteiger partial charge in [0, 0.05) is 24.0 Å². The molecule has 0 bridgehead atoms. The summed E-state index contributed by atoms with van der Waals surface area (Å²) >= 11 is 2.01. The molecule has 0 aliphatic heterocycles. The third kappa shape index (κ3) is 7.03. The molecule has 0 amide bonds. The summed E-state index contributed by atoms with van der Waals surface area (Å²) in [6, 6.07) is 0. The molecule has 0 unspecified atom stereocenters. The van der Waals surface area contributed by atoms with Gasteiger partial charge in [0.2, 0.25) is 0 Å². The minimum atomic E-state index is -0.350. The van der Waals surface area contributed by atoms with E-state index in [4.69, 9.17) is 0 Å². The van der Waals surface area contributed by atoms with Crippen molar-refractivity contribution < 1.29 is 10.2 Å². The molecule has 0 aromatic carbocycles. The first-order valence-electron chi connectivity index (χ1n) is 10.5. The molecule has 2 N–H and O–H groups in total. The summed E-state index contributed by atoms with van der Waals surface area (Å²) < 4.78 is 0. The van der Waals surface area contributed by atoms with Gasteiger partial charge in [-0.05, 0) is 51.6 Å². The van der Waals surface area contributed by atoms with Gasteiger partial charge in [0.05, 0.1) is 12.2 Å². The number of allylic oxidation sites excluding steroid dienone is 1. The van der Waals surface area contributed by atoms with E-state index in [2.05, 4.69) is 38.1 Å². The maximum absolute atomic E-state index is 10.4. The van der Waals surface area contributed by atoms with Crippen LogP contribution in [0.1, 0.15) is 51.9 Å². The standard InChI is InChI=1S/C22H39NO2S/c1-4-5-6-7-19(24)8-9-20-21-15-17(14-18(21)16-22(20)25)10-12-26-13-11-23(2)3/h8-10,18-22,24-25H,4-7,11-16H2,1-3H3/b9-8+,17-10+/t18-,19-,20+,21-,22+/m0/s1. The van der Waals surface area contributed by atoms with Crippen LogP contribution >= 0.6 is 11.8 Å². The zero-order valence-electron chi connectivity index (χ0n) is 16.9. The molecule has 0 saturated heterocycles. The van der Waals surface area contributed by atoms with Gasteiger partial charge in [0.1, 0.15) is 0 Å². The molecule has 0 aromatic rings. The Kier molecular flexibility index (Phi) is 9.76. The van der Waals surface area contributed by atoms with Gasteiger partial charge in [-0.15, -0.1) is 0 Å². The maximum atomic E-state index is 10.4. The molecule has 0 radical (unpaired) electrons. The molecule has 2 aliphatic rings. The molecule has 4 heteroatoms. The molecular formula is C22H39NO2S. The molecular weight excluding hydrogens is 342 g/mol. The normalized spacial score (nSPS) is 31.4. The highest BCUT2D eigenvalue weighted by Gasteiger charge is 2.44. The predicted octanol–water partition coefficient (Wildman–Crippen LogP) is 4.11. The summed E-state index contributed by atoms with van der Waals surface area (Å²) in [4.78, 5) is 2.23. The lowest BCUT2D eigenvalue weighted by molar-refractivity contribution is 0.139. The Bertz CT molecular complexity index is 463. The number of thioether (sulfide) groups is 1. The van der Waals surface area contributed by atoms with Gasteiger partial charge >= 0.3 is 0 Å². The molecule has 2 aliphatic carbocycles. The van der Waals surface area contributed by atoms with Crippen LogP contribution in [0, 0.1) is 17.8 Å². The van der Waals surface area contributed by atoms with Crippen LogP contribution in [-0.4, -0.2) is 59.5 Å². The van der Waals surface area contributed by atoms with Gasteiger partial charge in [0.15, 0.2) is 0 Å². The van der Waals surface area contributed by atoms with E-state index in [9.17, 15) is 10.2 Å². The van der Waals surface area contributed by atoms with E-state index < -0.39 is 0 Å². The van der Waals surface area contributed by atoms with Gasteiger partial charge in [-0.25, -0.2) is 0 Å². The SMILES string of the molecule is CCCCC[C@H](O)/C=C/[C@@H]1[C@H]2C/C(=C/CSCCN(C)C)C[C@H]2C[C@H]1O. The zero-order chi connectivity index (χ0) is 18.9. The molecule has 5 atom stereocenters. The highest BCUT2D eigenvalue weighted by molar-refractivity contribution is 7.99. The first kappa shape index (κ1) is 22.0. The van der Waals surface area contributed by atoms with Crippen molar-refractivity contribution in [3.05, 3.63) is 23.8 Å². The van der Waals surface area contributed by atoms with Crippen LogP contribution in [0.5, 0.6) is 0 Å². The minimum Gasteiger partial charge on any atom is -0.392 e. The van der Waals surface area contributed by atoms with Crippen LogP contribution in [0.2, 0.25) is 0 Å². The number of aliphatic hydroxyl groups excluding tert-OH is 2. The van der Waals surface area contributed by atoms with Gasteiger partial charge in [-0.3, -0.25) is 0 Å². The zero-order valence-corrected chi connectivity index (χ0v) is 17.8. The quantitative estimate of drug-likeness (QED) is 0.417. The smallest absolute Gasteiger partial charge is 0.0721 e. The molecule has 2 fully saturated rings. The lowest BCUT2D eigenvalue weighted by atomic mass is 9.90. The van der Waals surface area contributed by atoms with Gasteiger partial charge in [0.25, 0.3) is 0 Å². The second-order valence-corrected chi connectivity index (χ2v) is 9.55. The molecule has 3 nitrogen and oxygen atoms in total. The van der Waals surface area contributed by atoms with Crippen molar-refractivity contribution in [1.82, 2.24) is 4.90 Å². The lowest BCUT2D eigenvalue weighted by Gasteiger charge is -2.17. The number of rotatable bonds is 11. The third-order valence-electron chi connectivity index (χ3n) is 5.94. The summed E-state index contributed by atoms with van der Waals surface area (Å²) in [7, 11) is 4.24. The number of aliphatic hydroxyl groups is 2. The van der Waals surface area contributed by atoms with Crippen LogP contribution in [-0.2, 0) is 0 Å². The number of hydrogen-bond donors (Lipinski definition) is 2. The number of nitrogens with zero attached hydrogens (tertiary/aromatic N) is 1. The van der Waals surface area contributed by atoms with E-state index in [1.54, 1.807) is 5.57 Å². The molecule has 0 spiro atoms. The van der Waals surface area contributed by atoms with Gasteiger partial charge in [-0.1, -0.05) is 50.0 Å². The summed E-state index contributed by atoms with van der Waals surface area (Å²) in [5.74, 6) is 3.73. The fraction of sp³-hybridized carbons (Fsp3) is 0.818. The first-order valence-corrected chi connectivity index (χ1v) is 11.6. The van der Waals surface area contributed by atoms with Crippen molar-refractivity contribution >= 4 is 11.8 Å². The monoisotopic (exact) mass is 381 g/mol. The van der Waals surface area contributed by atoms with Crippen LogP contribution in [0.15, 0.2) is 23.8 Å². The van der Waals surface area contributed by atoms with Crippen LogP contribution in [0.4, 0.5) is 0 Å².